The van der Waals surface area contributed by atoms with Crippen LogP contribution in [0.4, 0.5) is 17.1 Å². The molecule has 3 rings (SSSR count). The summed E-state index contributed by atoms with van der Waals surface area (Å²) in [4.78, 5) is 53.0. The van der Waals surface area contributed by atoms with Crippen molar-refractivity contribution in [3.63, 3.8) is 0 Å². The fourth-order valence-corrected chi connectivity index (χ4v) is 3.20. The van der Waals surface area contributed by atoms with Gasteiger partial charge in [0.15, 0.2) is 0 Å². The third kappa shape index (κ3) is 5.26. The monoisotopic (exact) mass is 466 g/mol. The van der Waals surface area contributed by atoms with Crippen LogP contribution < -0.4 is 10.6 Å². The maximum absolute atomic E-state index is 13.1. The number of ether oxygens (including phenoxy) is 2. The zero-order chi connectivity index (χ0) is 24.8. The Balaban J connectivity index is 2.06. The van der Waals surface area contributed by atoms with Gasteiger partial charge in [0, 0.05) is 23.4 Å². The molecule has 34 heavy (non-hydrogen) atoms. The van der Waals surface area contributed by atoms with Crippen LogP contribution in [0.25, 0.3) is 0 Å². The van der Waals surface area contributed by atoms with Crippen molar-refractivity contribution in [2.24, 2.45) is 4.99 Å². The summed E-state index contributed by atoms with van der Waals surface area (Å²) in [6.45, 7) is 5.01. The first-order chi connectivity index (χ1) is 16.2. The summed E-state index contributed by atoms with van der Waals surface area (Å²) < 4.78 is 10.0. The minimum atomic E-state index is -0.818. The van der Waals surface area contributed by atoms with Gasteiger partial charge in [-0.1, -0.05) is 12.1 Å². The SMILES string of the molecule is CCOC(=O)C1=C(C)Nc2ccccc2N=C1NC(=O)c1cc(C(=O)OCC)cc([N+](=O)[O-])c1. The molecule has 0 aromatic heterocycles. The van der Waals surface area contributed by atoms with Gasteiger partial charge in [-0.15, -0.1) is 0 Å². The molecule has 0 aliphatic carbocycles. The van der Waals surface area contributed by atoms with Crippen molar-refractivity contribution in [2.75, 3.05) is 18.5 Å². The van der Waals surface area contributed by atoms with E-state index < -0.39 is 28.5 Å². The van der Waals surface area contributed by atoms with Gasteiger partial charge in [0.05, 0.1) is 35.1 Å². The van der Waals surface area contributed by atoms with Crippen molar-refractivity contribution in [3.05, 3.63) is 75.0 Å². The summed E-state index contributed by atoms with van der Waals surface area (Å²) in [7, 11) is 0. The Morgan fingerprint density at radius 3 is 2.35 bits per heavy atom. The molecule has 0 fully saturated rings. The van der Waals surface area contributed by atoms with Crippen LogP contribution in [-0.2, 0) is 14.3 Å². The first-order valence-electron chi connectivity index (χ1n) is 10.4. The second kappa shape index (κ2) is 10.4. The first kappa shape index (κ1) is 24.1. The maximum Gasteiger partial charge on any atom is 0.343 e. The fraction of sp³-hybridized carbons (Fsp3) is 0.217. The molecule has 0 unspecified atom stereocenters. The number of hydrogen-bond acceptors (Lipinski definition) is 9. The third-order valence-corrected chi connectivity index (χ3v) is 4.68. The molecule has 1 amide bonds. The standard InChI is InChI=1S/C23H22N4O7/c1-4-33-22(29)15-10-14(11-16(12-15)27(31)32)21(28)26-20-19(23(30)34-5-2)13(3)24-17-8-6-7-9-18(17)25-20/h6-12,24H,4-5H2,1-3H3,(H,25,26,28). The molecule has 2 aromatic carbocycles. The van der Waals surface area contributed by atoms with E-state index in [9.17, 15) is 24.5 Å². The first-order valence-corrected chi connectivity index (χ1v) is 10.4. The van der Waals surface area contributed by atoms with Gasteiger partial charge in [-0.2, -0.15) is 0 Å². The topological polar surface area (TPSA) is 149 Å². The second-order valence-electron chi connectivity index (χ2n) is 7.02. The van der Waals surface area contributed by atoms with E-state index >= 15 is 0 Å². The van der Waals surface area contributed by atoms with Gasteiger partial charge < -0.3 is 20.1 Å². The van der Waals surface area contributed by atoms with Crippen molar-refractivity contribution in [2.45, 2.75) is 20.8 Å². The van der Waals surface area contributed by atoms with E-state index in [1.165, 1.54) is 6.07 Å². The number of anilines is 1. The summed E-state index contributed by atoms with van der Waals surface area (Å²) in [6.07, 6.45) is 0. The van der Waals surface area contributed by atoms with Crippen LogP contribution in [0.3, 0.4) is 0 Å². The number of carbonyl (C=O) groups is 3. The number of allylic oxidation sites excluding steroid dienone is 1. The second-order valence-corrected chi connectivity index (χ2v) is 7.02. The summed E-state index contributed by atoms with van der Waals surface area (Å²) in [6, 6.07) is 10.2. The molecule has 1 heterocycles. The minimum Gasteiger partial charge on any atom is -0.462 e. The van der Waals surface area contributed by atoms with Crippen molar-refractivity contribution >= 4 is 40.7 Å². The van der Waals surface area contributed by atoms with Crippen molar-refractivity contribution in [1.82, 2.24) is 5.32 Å². The Labute approximate surface area is 194 Å². The van der Waals surface area contributed by atoms with Gasteiger partial charge in [0.25, 0.3) is 11.6 Å². The number of esters is 2. The molecule has 11 heteroatoms. The molecular weight excluding hydrogens is 444 g/mol. The Bertz CT molecular complexity index is 1230. The third-order valence-electron chi connectivity index (χ3n) is 4.68. The maximum atomic E-state index is 13.1. The van der Waals surface area contributed by atoms with Crippen LogP contribution in [0.1, 0.15) is 41.5 Å². The van der Waals surface area contributed by atoms with Crippen molar-refractivity contribution < 1.29 is 28.8 Å². The van der Waals surface area contributed by atoms with Gasteiger partial charge in [-0.25, -0.2) is 14.6 Å². The lowest BCUT2D eigenvalue weighted by Gasteiger charge is -2.13. The van der Waals surface area contributed by atoms with Gasteiger partial charge in [0.2, 0.25) is 0 Å². The highest BCUT2D eigenvalue weighted by molar-refractivity contribution is 6.25. The lowest BCUT2D eigenvalue weighted by molar-refractivity contribution is -0.384. The quantitative estimate of drug-likeness (QED) is 0.373. The number of aliphatic imine (C=N–C) groups is 1. The molecule has 0 saturated carbocycles. The van der Waals surface area contributed by atoms with E-state index in [0.717, 1.165) is 12.1 Å². The predicted octanol–water partition coefficient (Wildman–Crippen LogP) is 3.49. The highest BCUT2D eigenvalue weighted by Gasteiger charge is 2.27. The van der Waals surface area contributed by atoms with Gasteiger partial charge in [0.1, 0.15) is 11.4 Å². The highest BCUT2D eigenvalue weighted by atomic mass is 16.6. The van der Waals surface area contributed by atoms with Crippen molar-refractivity contribution in [3.8, 4) is 0 Å². The highest BCUT2D eigenvalue weighted by Crippen LogP contribution is 2.30. The Morgan fingerprint density at radius 1 is 1.03 bits per heavy atom. The van der Waals surface area contributed by atoms with Gasteiger partial charge >= 0.3 is 11.9 Å². The fourth-order valence-electron chi connectivity index (χ4n) is 3.20. The molecule has 0 spiro atoms. The average molecular weight is 466 g/mol. The number of non-ortho nitro benzene ring substituents is 1. The molecule has 0 bridgehead atoms. The average Bonchev–Trinajstić information content (AvgIpc) is 2.94. The number of amides is 1. The molecule has 0 radical (unpaired) electrons. The summed E-state index contributed by atoms with van der Waals surface area (Å²) >= 11 is 0. The summed E-state index contributed by atoms with van der Waals surface area (Å²) in [5.74, 6) is -2.46. The van der Waals surface area contributed by atoms with E-state index in [1.54, 1.807) is 45.0 Å². The molecule has 0 saturated heterocycles. The van der Waals surface area contributed by atoms with E-state index in [-0.39, 0.29) is 35.7 Å². The molecule has 11 nitrogen and oxygen atoms in total. The molecule has 176 valence electrons. The lowest BCUT2D eigenvalue weighted by Crippen LogP contribution is -2.35. The smallest absolute Gasteiger partial charge is 0.343 e. The number of amidine groups is 1. The van der Waals surface area contributed by atoms with E-state index in [2.05, 4.69) is 15.6 Å². The summed E-state index contributed by atoms with van der Waals surface area (Å²) in [5, 5.41) is 17.0. The predicted molar refractivity (Wildman–Crippen MR) is 123 cm³/mol. The lowest BCUT2D eigenvalue weighted by atomic mass is 10.1. The Hall–Kier alpha value is -4.54. The van der Waals surface area contributed by atoms with E-state index in [0.29, 0.717) is 17.1 Å². The number of fused-ring (bicyclic) bond motifs is 1. The number of carbonyl (C=O) groups excluding carboxylic acids is 3. The zero-order valence-electron chi connectivity index (χ0n) is 18.7. The van der Waals surface area contributed by atoms with Gasteiger partial charge in [-0.05, 0) is 39.0 Å². The number of para-hydroxylation sites is 2. The van der Waals surface area contributed by atoms with Gasteiger partial charge in [-0.3, -0.25) is 14.9 Å². The van der Waals surface area contributed by atoms with Crippen LogP contribution in [0.5, 0.6) is 0 Å². The van der Waals surface area contributed by atoms with Crippen LogP contribution in [0.15, 0.2) is 58.7 Å². The van der Waals surface area contributed by atoms with E-state index in [4.69, 9.17) is 9.47 Å². The number of nitrogens with zero attached hydrogens (tertiary/aromatic N) is 2. The molecule has 1 aliphatic rings. The minimum absolute atomic E-state index is 0.0116. The van der Waals surface area contributed by atoms with Crippen LogP contribution in [-0.4, -0.2) is 41.8 Å². The zero-order valence-corrected chi connectivity index (χ0v) is 18.7. The molecule has 2 aromatic rings. The van der Waals surface area contributed by atoms with Crippen LogP contribution in [0.2, 0.25) is 0 Å². The van der Waals surface area contributed by atoms with Crippen molar-refractivity contribution in [1.29, 1.82) is 0 Å². The normalized spacial score (nSPS) is 12.5. The summed E-state index contributed by atoms with van der Waals surface area (Å²) in [5.41, 5.74) is 0.604. The molecule has 0 atom stereocenters. The molecule has 1 aliphatic heterocycles. The Kier molecular flexibility index (Phi) is 7.36. The number of nitro benzene ring substituents is 1. The number of nitrogens with one attached hydrogen (secondary N) is 2. The van der Waals surface area contributed by atoms with Crippen LogP contribution in [0, 0.1) is 10.1 Å². The Morgan fingerprint density at radius 2 is 1.68 bits per heavy atom. The largest absolute Gasteiger partial charge is 0.462 e. The van der Waals surface area contributed by atoms with Crippen LogP contribution >= 0.6 is 0 Å². The number of hydrogen-bond donors (Lipinski definition) is 2. The molecular formula is C23H22N4O7. The number of nitro groups is 1. The number of benzene rings is 2. The molecule has 2 N–H and O–H groups in total. The number of rotatable bonds is 6. The van der Waals surface area contributed by atoms with E-state index in [1.807, 2.05) is 0 Å².